The first-order valence-electron chi connectivity index (χ1n) is 2.87. The Morgan fingerprint density at radius 1 is 1.55 bits per heavy atom. The summed E-state index contributed by atoms with van der Waals surface area (Å²) in [7, 11) is 0. The van der Waals surface area contributed by atoms with Gasteiger partial charge in [0.2, 0.25) is 0 Å². The van der Waals surface area contributed by atoms with Crippen LogP contribution in [0, 0.1) is 11.3 Å². The average Bonchev–Trinajstić information content (AvgIpc) is 2.04. The number of nitrogens with two attached hydrogens (primary N) is 1. The predicted octanol–water partition coefficient (Wildman–Crippen LogP) is 0.653. The largest absolute Gasteiger partial charge is 0.311 e. The molecule has 2 N–H and O–H groups in total. The molecule has 1 aromatic heterocycles. The molecule has 4 nitrogen and oxygen atoms in total. The second kappa shape index (κ2) is 3.28. The van der Waals surface area contributed by atoms with E-state index in [0.29, 0.717) is 5.69 Å². The van der Waals surface area contributed by atoms with Crippen molar-refractivity contribution in [3.63, 3.8) is 0 Å². The van der Waals surface area contributed by atoms with E-state index < -0.39 is 6.04 Å². The zero-order valence-corrected chi connectivity index (χ0v) is 6.28. The molecule has 56 valence electrons. The van der Waals surface area contributed by atoms with Gasteiger partial charge in [-0.05, 0) is 0 Å². The molecule has 0 bridgehead atoms. The van der Waals surface area contributed by atoms with E-state index >= 15 is 0 Å². The van der Waals surface area contributed by atoms with Crippen LogP contribution < -0.4 is 5.73 Å². The van der Waals surface area contributed by atoms with Gasteiger partial charge in [-0.15, -0.1) is 0 Å². The molecule has 1 heterocycles. The lowest BCUT2D eigenvalue weighted by atomic mass is 10.2. The minimum absolute atomic E-state index is 0.182. The number of hydrogen-bond acceptors (Lipinski definition) is 4. The summed E-state index contributed by atoms with van der Waals surface area (Å²) in [5.74, 6) is 0. The van der Waals surface area contributed by atoms with Crippen molar-refractivity contribution in [2.24, 2.45) is 5.73 Å². The van der Waals surface area contributed by atoms with Crippen molar-refractivity contribution < 1.29 is 0 Å². The van der Waals surface area contributed by atoms with Crippen molar-refractivity contribution in [1.29, 1.82) is 5.26 Å². The van der Waals surface area contributed by atoms with Crippen LogP contribution >= 0.6 is 11.6 Å². The molecule has 1 aromatic rings. The second-order valence-electron chi connectivity index (χ2n) is 1.84. The van der Waals surface area contributed by atoms with Crippen LogP contribution in [-0.2, 0) is 0 Å². The van der Waals surface area contributed by atoms with Crippen LogP contribution in [-0.4, -0.2) is 9.97 Å². The van der Waals surface area contributed by atoms with E-state index in [1.807, 2.05) is 6.07 Å². The lowest BCUT2D eigenvalue weighted by Gasteiger charge is -2.01. The minimum Gasteiger partial charge on any atom is -0.311 e. The maximum Gasteiger partial charge on any atom is 0.153 e. The molecule has 0 aliphatic carbocycles. The van der Waals surface area contributed by atoms with Gasteiger partial charge >= 0.3 is 0 Å². The average molecular weight is 169 g/mol. The van der Waals surface area contributed by atoms with E-state index in [0.717, 1.165) is 0 Å². The number of nitriles is 1. The van der Waals surface area contributed by atoms with Gasteiger partial charge in [0.05, 0.1) is 6.07 Å². The van der Waals surface area contributed by atoms with Gasteiger partial charge < -0.3 is 5.73 Å². The SMILES string of the molecule is N#CC(N)c1nccnc1Cl. The van der Waals surface area contributed by atoms with Crippen LogP contribution in [0.4, 0.5) is 0 Å². The molecular weight excluding hydrogens is 164 g/mol. The number of rotatable bonds is 1. The van der Waals surface area contributed by atoms with Gasteiger partial charge in [-0.1, -0.05) is 11.6 Å². The number of hydrogen-bond donors (Lipinski definition) is 1. The molecule has 0 aliphatic rings. The summed E-state index contributed by atoms with van der Waals surface area (Å²) in [6.07, 6.45) is 2.88. The van der Waals surface area contributed by atoms with Gasteiger partial charge in [-0.3, -0.25) is 4.98 Å². The predicted molar refractivity (Wildman–Crippen MR) is 39.6 cm³/mol. The van der Waals surface area contributed by atoms with E-state index in [-0.39, 0.29) is 5.15 Å². The van der Waals surface area contributed by atoms with E-state index in [1.54, 1.807) is 0 Å². The third-order valence-electron chi connectivity index (χ3n) is 1.11. The van der Waals surface area contributed by atoms with Crippen LogP contribution in [0.1, 0.15) is 11.7 Å². The molecule has 11 heavy (non-hydrogen) atoms. The van der Waals surface area contributed by atoms with Crippen molar-refractivity contribution in [2.75, 3.05) is 0 Å². The molecule has 0 aliphatic heterocycles. The highest BCUT2D eigenvalue weighted by Gasteiger charge is 2.09. The molecule has 1 unspecified atom stereocenters. The van der Waals surface area contributed by atoms with Crippen molar-refractivity contribution in [3.8, 4) is 6.07 Å². The minimum atomic E-state index is -0.795. The first kappa shape index (κ1) is 7.92. The Balaban J connectivity index is 3.05. The standard InChI is InChI=1S/C6H5ClN4/c7-6-5(4(9)3-8)10-1-2-11-6/h1-2,4H,9H2. The molecule has 1 atom stereocenters. The number of nitrogens with zero attached hydrogens (tertiary/aromatic N) is 3. The monoisotopic (exact) mass is 168 g/mol. The molecular formula is C6H5ClN4. The highest BCUT2D eigenvalue weighted by Crippen LogP contribution is 2.14. The highest BCUT2D eigenvalue weighted by atomic mass is 35.5. The lowest BCUT2D eigenvalue weighted by Crippen LogP contribution is -2.10. The van der Waals surface area contributed by atoms with Crippen LogP contribution in [0.2, 0.25) is 5.15 Å². The summed E-state index contributed by atoms with van der Waals surface area (Å²) in [6.45, 7) is 0. The summed E-state index contributed by atoms with van der Waals surface area (Å²) < 4.78 is 0. The van der Waals surface area contributed by atoms with Gasteiger partial charge in [0.1, 0.15) is 11.7 Å². The number of aromatic nitrogens is 2. The third kappa shape index (κ3) is 1.64. The van der Waals surface area contributed by atoms with Crippen LogP contribution in [0.5, 0.6) is 0 Å². The fraction of sp³-hybridized carbons (Fsp3) is 0.167. The second-order valence-corrected chi connectivity index (χ2v) is 2.20. The Bertz CT molecular complexity index is 293. The first-order valence-corrected chi connectivity index (χ1v) is 3.25. The van der Waals surface area contributed by atoms with E-state index in [2.05, 4.69) is 9.97 Å². The molecule has 5 heteroatoms. The van der Waals surface area contributed by atoms with Gasteiger partial charge in [0.25, 0.3) is 0 Å². The van der Waals surface area contributed by atoms with Crippen molar-refractivity contribution in [1.82, 2.24) is 9.97 Å². The fourth-order valence-corrected chi connectivity index (χ4v) is 0.824. The number of halogens is 1. The maximum absolute atomic E-state index is 8.41. The quantitative estimate of drug-likeness (QED) is 0.668. The Morgan fingerprint density at radius 3 is 2.73 bits per heavy atom. The Morgan fingerprint density at radius 2 is 2.18 bits per heavy atom. The van der Waals surface area contributed by atoms with Gasteiger partial charge in [0, 0.05) is 12.4 Å². The molecule has 0 saturated carbocycles. The Hall–Kier alpha value is -1.18. The van der Waals surface area contributed by atoms with Crippen molar-refractivity contribution in [3.05, 3.63) is 23.2 Å². The molecule has 1 rings (SSSR count). The molecule has 0 saturated heterocycles. The van der Waals surface area contributed by atoms with Gasteiger partial charge in [-0.25, -0.2) is 4.98 Å². The van der Waals surface area contributed by atoms with E-state index in [4.69, 9.17) is 22.6 Å². The third-order valence-corrected chi connectivity index (χ3v) is 1.40. The molecule has 0 fully saturated rings. The van der Waals surface area contributed by atoms with Gasteiger partial charge in [-0.2, -0.15) is 5.26 Å². The first-order chi connectivity index (χ1) is 5.25. The van der Waals surface area contributed by atoms with Crippen LogP contribution in [0.15, 0.2) is 12.4 Å². The zero-order valence-electron chi connectivity index (χ0n) is 5.53. The summed E-state index contributed by atoms with van der Waals surface area (Å²) in [4.78, 5) is 7.53. The van der Waals surface area contributed by atoms with E-state index in [1.165, 1.54) is 12.4 Å². The smallest absolute Gasteiger partial charge is 0.153 e. The summed E-state index contributed by atoms with van der Waals surface area (Å²) >= 11 is 5.59. The molecule has 0 amide bonds. The summed E-state index contributed by atoms with van der Waals surface area (Å²) in [6, 6.07) is 1.02. The van der Waals surface area contributed by atoms with E-state index in [9.17, 15) is 0 Å². The van der Waals surface area contributed by atoms with Crippen LogP contribution in [0.3, 0.4) is 0 Å². The maximum atomic E-state index is 8.41. The van der Waals surface area contributed by atoms with Crippen LogP contribution in [0.25, 0.3) is 0 Å². The highest BCUT2D eigenvalue weighted by molar-refractivity contribution is 6.30. The molecule has 0 spiro atoms. The topological polar surface area (TPSA) is 75.6 Å². The Kier molecular flexibility index (Phi) is 2.36. The molecule has 0 radical (unpaired) electrons. The summed E-state index contributed by atoms with van der Waals surface area (Å²) in [5.41, 5.74) is 5.66. The van der Waals surface area contributed by atoms with Crippen molar-refractivity contribution in [2.45, 2.75) is 6.04 Å². The Labute approximate surface area is 68.6 Å². The van der Waals surface area contributed by atoms with Gasteiger partial charge in [0.15, 0.2) is 5.15 Å². The van der Waals surface area contributed by atoms with Crippen molar-refractivity contribution >= 4 is 11.6 Å². The normalized spacial score (nSPS) is 12.1. The summed E-state index contributed by atoms with van der Waals surface area (Å²) in [5, 5.41) is 8.59. The molecule has 0 aromatic carbocycles. The lowest BCUT2D eigenvalue weighted by molar-refractivity contribution is 0.861. The fourth-order valence-electron chi connectivity index (χ4n) is 0.602. The zero-order chi connectivity index (χ0) is 8.27.